The number of morpholine rings is 1. The lowest BCUT2D eigenvalue weighted by molar-refractivity contribution is 0.0600. The van der Waals surface area contributed by atoms with Gasteiger partial charge in [-0.3, -0.25) is 10.1 Å². The minimum absolute atomic E-state index is 0.322. The van der Waals surface area contributed by atoms with Crippen LogP contribution in [-0.2, 0) is 9.47 Å². The Labute approximate surface area is 128 Å². The highest BCUT2D eigenvalue weighted by Gasteiger charge is 2.17. The molecule has 2 rings (SSSR count). The number of rotatable bonds is 2. The van der Waals surface area contributed by atoms with E-state index in [9.17, 15) is 9.59 Å². The number of carbonyl (C=O) groups excluding carboxylic acids is 2. The number of esters is 1. The van der Waals surface area contributed by atoms with Crippen molar-refractivity contribution < 1.29 is 19.1 Å². The van der Waals surface area contributed by atoms with Crippen LogP contribution in [0.1, 0.15) is 20.7 Å². The Balaban J connectivity index is 2.02. The zero-order valence-electron chi connectivity index (χ0n) is 11.6. The molecule has 1 saturated heterocycles. The summed E-state index contributed by atoms with van der Waals surface area (Å²) < 4.78 is 9.86. The van der Waals surface area contributed by atoms with Gasteiger partial charge in [0.1, 0.15) is 0 Å². The van der Waals surface area contributed by atoms with E-state index in [-0.39, 0.29) is 5.91 Å². The molecule has 1 amide bonds. The minimum Gasteiger partial charge on any atom is -0.465 e. The number of thiocarbonyl (C=S) groups is 1. The Morgan fingerprint density at radius 2 is 1.95 bits per heavy atom. The fourth-order valence-corrected chi connectivity index (χ4v) is 2.20. The highest BCUT2D eigenvalue weighted by Crippen LogP contribution is 2.07. The van der Waals surface area contributed by atoms with Crippen LogP contribution >= 0.6 is 12.2 Å². The van der Waals surface area contributed by atoms with E-state index in [1.807, 2.05) is 4.90 Å². The zero-order valence-corrected chi connectivity index (χ0v) is 12.4. The lowest BCUT2D eigenvalue weighted by Crippen LogP contribution is -2.47. The van der Waals surface area contributed by atoms with Gasteiger partial charge in [-0.1, -0.05) is 6.07 Å². The summed E-state index contributed by atoms with van der Waals surface area (Å²) in [5.74, 6) is -0.836. The summed E-state index contributed by atoms with van der Waals surface area (Å²) in [4.78, 5) is 25.5. The number of nitrogens with one attached hydrogen (secondary N) is 1. The van der Waals surface area contributed by atoms with Crippen LogP contribution in [-0.4, -0.2) is 55.3 Å². The molecule has 112 valence electrons. The maximum atomic E-state index is 12.2. The minimum atomic E-state index is -0.486. The van der Waals surface area contributed by atoms with Crippen LogP contribution < -0.4 is 5.32 Å². The van der Waals surface area contributed by atoms with Crippen molar-refractivity contribution in [3.8, 4) is 0 Å². The van der Waals surface area contributed by atoms with Gasteiger partial charge in [-0.2, -0.15) is 0 Å². The van der Waals surface area contributed by atoms with Crippen molar-refractivity contribution in [3.05, 3.63) is 35.4 Å². The average molecular weight is 308 g/mol. The molecular weight excluding hydrogens is 292 g/mol. The third-order valence-electron chi connectivity index (χ3n) is 3.06. The first-order valence-electron chi connectivity index (χ1n) is 6.48. The Hall–Kier alpha value is -1.99. The molecular formula is C14H16N2O4S. The number of nitrogens with zero attached hydrogens (tertiary/aromatic N) is 1. The third-order valence-corrected chi connectivity index (χ3v) is 3.42. The van der Waals surface area contributed by atoms with Gasteiger partial charge in [0.05, 0.1) is 25.9 Å². The summed E-state index contributed by atoms with van der Waals surface area (Å²) in [5, 5.41) is 3.03. The van der Waals surface area contributed by atoms with Gasteiger partial charge in [0.25, 0.3) is 5.91 Å². The second-order valence-electron chi connectivity index (χ2n) is 4.43. The number of hydrogen-bond donors (Lipinski definition) is 1. The Kier molecular flexibility index (Phi) is 5.24. The van der Waals surface area contributed by atoms with E-state index in [1.54, 1.807) is 18.2 Å². The lowest BCUT2D eigenvalue weighted by atomic mass is 10.1. The molecule has 1 aromatic rings. The van der Waals surface area contributed by atoms with Gasteiger partial charge in [0, 0.05) is 18.7 Å². The van der Waals surface area contributed by atoms with E-state index in [0.29, 0.717) is 42.5 Å². The first kappa shape index (κ1) is 15.4. The van der Waals surface area contributed by atoms with Crippen molar-refractivity contribution in [2.75, 3.05) is 33.4 Å². The van der Waals surface area contributed by atoms with Crippen LogP contribution in [0.5, 0.6) is 0 Å². The monoisotopic (exact) mass is 308 g/mol. The van der Waals surface area contributed by atoms with Crippen LogP contribution in [0.4, 0.5) is 0 Å². The molecule has 0 radical (unpaired) electrons. The fraction of sp³-hybridized carbons (Fsp3) is 0.357. The summed E-state index contributed by atoms with van der Waals surface area (Å²) >= 11 is 5.20. The number of amides is 1. The standard InChI is InChI=1S/C14H16N2O4S/c1-19-13(18)11-4-2-3-10(9-11)12(17)15-14(21)16-5-7-20-8-6-16/h2-4,9H,5-8H2,1H3,(H,15,17,21). The second kappa shape index (κ2) is 7.14. The van der Waals surface area contributed by atoms with Crippen LogP contribution in [0.15, 0.2) is 24.3 Å². The molecule has 1 N–H and O–H groups in total. The Morgan fingerprint density at radius 1 is 1.29 bits per heavy atom. The zero-order chi connectivity index (χ0) is 15.2. The summed E-state index contributed by atoms with van der Waals surface area (Å²) in [6.07, 6.45) is 0. The molecule has 1 fully saturated rings. The van der Waals surface area contributed by atoms with Gasteiger partial charge >= 0.3 is 5.97 Å². The first-order valence-corrected chi connectivity index (χ1v) is 6.89. The number of carbonyl (C=O) groups is 2. The van der Waals surface area contributed by atoms with Gasteiger partial charge in [-0.05, 0) is 30.4 Å². The van der Waals surface area contributed by atoms with Crippen LogP contribution in [0, 0.1) is 0 Å². The largest absolute Gasteiger partial charge is 0.465 e. The van der Waals surface area contributed by atoms with Gasteiger partial charge in [-0.15, -0.1) is 0 Å². The van der Waals surface area contributed by atoms with E-state index in [2.05, 4.69) is 10.1 Å². The Bertz CT molecular complexity index is 556. The number of methoxy groups -OCH3 is 1. The van der Waals surface area contributed by atoms with E-state index >= 15 is 0 Å². The molecule has 0 saturated carbocycles. The van der Waals surface area contributed by atoms with Crippen molar-refractivity contribution >= 4 is 29.2 Å². The van der Waals surface area contributed by atoms with Crippen LogP contribution in [0.2, 0.25) is 0 Å². The van der Waals surface area contributed by atoms with Crippen molar-refractivity contribution in [2.24, 2.45) is 0 Å². The summed E-state index contributed by atoms with van der Waals surface area (Å²) in [5.41, 5.74) is 0.677. The number of hydrogen-bond acceptors (Lipinski definition) is 5. The van der Waals surface area contributed by atoms with Gasteiger partial charge in [0.15, 0.2) is 5.11 Å². The van der Waals surface area contributed by atoms with E-state index < -0.39 is 5.97 Å². The molecule has 0 bridgehead atoms. The maximum absolute atomic E-state index is 12.2. The van der Waals surface area contributed by atoms with Crippen molar-refractivity contribution in [2.45, 2.75) is 0 Å². The van der Waals surface area contributed by atoms with Gasteiger partial charge in [-0.25, -0.2) is 4.79 Å². The molecule has 0 atom stereocenters. The Morgan fingerprint density at radius 3 is 2.62 bits per heavy atom. The lowest BCUT2D eigenvalue weighted by Gasteiger charge is -2.28. The number of benzene rings is 1. The fourth-order valence-electron chi connectivity index (χ4n) is 1.92. The molecule has 1 aromatic carbocycles. The van der Waals surface area contributed by atoms with Crippen LogP contribution in [0.3, 0.4) is 0 Å². The molecule has 6 nitrogen and oxygen atoms in total. The van der Waals surface area contributed by atoms with Crippen molar-refractivity contribution in [1.82, 2.24) is 10.2 Å². The third kappa shape index (κ3) is 3.99. The average Bonchev–Trinajstić information content (AvgIpc) is 2.55. The topological polar surface area (TPSA) is 67.9 Å². The van der Waals surface area contributed by atoms with Crippen molar-refractivity contribution in [1.29, 1.82) is 0 Å². The molecule has 21 heavy (non-hydrogen) atoms. The first-order chi connectivity index (χ1) is 10.1. The molecule has 0 spiro atoms. The summed E-state index contributed by atoms with van der Waals surface area (Å²) in [6, 6.07) is 6.30. The highest BCUT2D eigenvalue weighted by atomic mass is 32.1. The SMILES string of the molecule is COC(=O)c1cccc(C(=O)NC(=S)N2CCOCC2)c1. The van der Waals surface area contributed by atoms with E-state index in [0.717, 1.165) is 0 Å². The van der Waals surface area contributed by atoms with Crippen LogP contribution in [0.25, 0.3) is 0 Å². The van der Waals surface area contributed by atoms with Crippen molar-refractivity contribution in [3.63, 3.8) is 0 Å². The summed E-state index contributed by atoms with van der Waals surface area (Å²) in [7, 11) is 1.29. The maximum Gasteiger partial charge on any atom is 0.337 e. The smallest absolute Gasteiger partial charge is 0.337 e. The predicted octanol–water partition coefficient (Wildman–Crippen LogP) is 0.820. The summed E-state index contributed by atoms with van der Waals surface area (Å²) in [6.45, 7) is 2.49. The van der Waals surface area contributed by atoms with E-state index in [1.165, 1.54) is 13.2 Å². The molecule has 7 heteroatoms. The molecule has 1 aliphatic heterocycles. The molecule has 0 aliphatic carbocycles. The highest BCUT2D eigenvalue weighted by molar-refractivity contribution is 7.80. The second-order valence-corrected chi connectivity index (χ2v) is 4.82. The number of ether oxygens (including phenoxy) is 2. The molecule has 0 unspecified atom stereocenters. The quantitative estimate of drug-likeness (QED) is 0.644. The van der Waals surface area contributed by atoms with E-state index in [4.69, 9.17) is 17.0 Å². The molecule has 1 heterocycles. The predicted molar refractivity (Wildman–Crippen MR) is 80.2 cm³/mol. The molecule has 1 aliphatic rings. The molecule has 0 aromatic heterocycles. The normalized spacial score (nSPS) is 14.4. The van der Waals surface area contributed by atoms with Gasteiger partial charge in [0.2, 0.25) is 0 Å². The van der Waals surface area contributed by atoms with Gasteiger partial charge < -0.3 is 14.4 Å².